The Hall–Kier alpha value is -2.86. The van der Waals surface area contributed by atoms with E-state index in [9.17, 15) is 4.79 Å². The van der Waals surface area contributed by atoms with Crippen LogP contribution in [-0.2, 0) is 6.42 Å². The molecule has 4 rings (SSSR count). The first kappa shape index (κ1) is 18.5. The lowest BCUT2D eigenvalue weighted by Gasteiger charge is -2.29. The van der Waals surface area contributed by atoms with Gasteiger partial charge in [-0.1, -0.05) is 43.6 Å². The van der Waals surface area contributed by atoms with E-state index in [4.69, 9.17) is 17.3 Å². The molecule has 1 aliphatic rings. The van der Waals surface area contributed by atoms with Gasteiger partial charge < -0.3 is 10.6 Å². The molecule has 0 fully saturated rings. The highest BCUT2D eigenvalue weighted by Gasteiger charge is 2.29. The first-order valence-corrected chi connectivity index (χ1v) is 9.76. The number of amides is 1. The Morgan fingerprint density at radius 2 is 1.89 bits per heavy atom. The lowest BCUT2D eigenvalue weighted by atomic mass is 10.00. The molecular formula is C21H22ClN5O. The number of hydrogen-bond acceptors (Lipinski definition) is 4. The Balaban J connectivity index is 1.77. The van der Waals surface area contributed by atoms with Crippen LogP contribution in [-0.4, -0.2) is 27.2 Å². The van der Waals surface area contributed by atoms with E-state index in [1.807, 2.05) is 50.2 Å². The van der Waals surface area contributed by atoms with Crippen LogP contribution in [0.5, 0.6) is 0 Å². The average Bonchev–Trinajstić information content (AvgIpc) is 3.13. The molecule has 2 heterocycles. The number of nitrogens with two attached hydrogens (primary N) is 1. The zero-order valence-electron chi connectivity index (χ0n) is 15.9. The summed E-state index contributed by atoms with van der Waals surface area (Å²) in [5.74, 6) is 0.717. The molecule has 0 bridgehead atoms. The summed E-state index contributed by atoms with van der Waals surface area (Å²) in [6.07, 6.45) is 1.72. The minimum absolute atomic E-state index is 0.0783. The molecule has 0 radical (unpaired) electrons. The number of halogens is 1. The van der Waals surface area contributed by atoms with Crippen molar-refractivity contribution < 1.29 is 4.79 Å². The van der Waals surface area contributed by atoms with E-state index >= 15 is 0 Å². The monoisotopic (exact) mass is 395 g/mol. The summed E-state index contributed by atoms with van der Waals surface area (Å²) in [5, 5.41) is 5.09. The molecular weight excluding hydrogens is 374 g/mol. The summed E-state index contributed by atoms with van der Waals surface area (Å²) in [6, 6.07) is 13.1. The number of rotatable bonds is 3. The van der Waals surface area contributed by atoms with Crippen LogP contribution in [0.1, 0.15) is 48.2 Å². The van der Waals surface area contributed by atoms with Gasteiger partial charge in [-0.3, -0.25) is 4.79 Å². The largest absolute Gasteiger partial charge is 0.398 e. The highest BCUT2D eigenvalue weighted by Crippen LogP contribution is 2.32. The van der Waals surface area contributed by atoms with Crippen LogP contribution in [0.2, 0.25) is 5.02 Å². The van der Waals surface area contributed by atoms with Crippen LogP contribution in [0.15, 0.2) is 42.5 Å². The number of carbonyl (C=O) groups excluding carboxylic acids is 1. The second-order valence-corrected chi connectivity index (χ2v) is 7.62. The van der Waals surface area contributed by atoms with E-state index in [0.717, 1.165) is 24.1 Å². The maximum Gasteiger partial charge on any atom is 0.297 e. The van der Waals surface area contributed by atoms with Crippen molar-refractivity contribution in [2.75, 3.05) is 17.2 Å². The Morgan fingerprint density at radius 3 is 2.64 bits per heavy atom. The summed E-state index contributed by atoms with van der Waals surface area (Å²) in [4.78, 5) is 19.6. The molecule has 0 saturated carbocycles. The topological polar surface area (TPSA) is 77.0 Å². The van der Waals surface area contributed by atoms with Gasteiger partial charge in [-0.15, -0.1) is 5.10 Å². The number of hydrogen-bond donors (Lipinski definition) is 1. The van der Waals surface area contributed by atoms with Crippen LogP contribution in [0.4, 0.5) is 11.4 Å². The Bertz CT molecular complexity index is 1040. The predicted molar refractivity (Wildman–Crippen MR) is 111 cm³/mol. The molecule has 2 aromatic carbocycles. The van der Waals surface area contributed by atoms with Gasteiger partial charge in [-0.25, -0.2) is 9.67 Å². The van der Waals surface area contributed by atoms with Crippen molar-refractivity contribution in [2.24, 2.45) is 0 Å². The molecule has 1 aromatic heterocycles. The maximum atomic E-state index is 13.3. The van der Waals surface area contributed by atoms with Crippen LogP contribution < -0.4 is 10.6 Å². The predicted octanol–water partition coefficient (Wildman–Crippen LogP) is 4.22. The fourth-order valence-electron chi connectivity index (χ4n) is 3.57. The van der Waals surface area contributed by atoms with Gasteiger partial charge in [0.15, 0.2) is 0 Å². The highest BCUT2D eigenvalue weighted by atomic mass is 35.5. The minimum atomic E-state index is -0.223. The SMILES string of the molecule is CC(C)c1nc(C(=O)N2CCCc3c(N)cccc32)nn1-c1ccccc1Cl. The van der Waals surface area contributed by atoms with Gasteiger partial charge in [0, 0.05) is 23.8 Å². The van der Waals surface area contributed by atoms with Gasteiger partial charge >= 0.3 is 0 Å². The van der Waals surface area contributed by atoms with Crippen molar-refractivity contribution >= 4 is 28.9 Å². The van der Waals surface area contributed by atoms with Crippen molar-refractivity contribution in [2.45, 2.75) is 32.6 Å². The molecule has 6 nitrogen and oxygen atoms in total. The number of para-hydroxylation sites is 1. The number of benzene rings is 2. The normalized spacial score (nSPS) is 13.6. The quantitative estimate of drug-likeness (QED) is 0.673. The number of nitrogens with zero attached hydrogens (tertiary/aromatic N) is 4. The van der Waals surface area contributed by atoms with E-state index in [1.165, 1.54) is 0 Å². The summed E-state index contributed by atoms with van der Waals surface area (Å²) in [7, 11) is 0. The smallest absolute Gasteiger partial charge is 0.297 e. The Labute approximate surface area is 168 Å². The lowest BCUT2D eigenvalue weighted by Crippen LogP contribution is -2.36. The van der Waals surface area contributed by atoms with Gasteiger partial charge in [-0.2, -0.15) is 0 Å². The number of anilines is 2. The number of fused-ring (bicyclic) bond motifs is 1. The highest BCUT2D eigenvalue weighted by molar-refractivity contribution is 6.32. The van der Waals surface area contributed by atoms with Gasteiger partial charge in [0.25, 0.3) is 5.91 Å². The van der Waals surface area contributed by atoms with E-state index in [0.29, 0.717) is 28.8 Å². The summed E-state index contributed by atoms with van der Waals surface area (Å²) in [5.41, 5.74) is 9.40. The fourth-order valence-corrected chi connectivity index (χ4v) is 3.79. The van der Waals surface area contributed by atoms with Gasteiger partial charge in [-0.05, 0) is 42.7 Å². The first-order chi connectivity index (χ1) is 13.5. The Morgan fingerprint density at radius 1 is 1.14 bits per heavy atom. The van der Waals surface area contributed by atoms with Crippen LogP contribution in [0.25, 0.3) is 5.69 Å². The van der Waals surface area contributed by atoms with Gasteiger partial charge in [0.2, 0.25) is 5.82 Å². The second-order valence-electron chi connectivity index (χ2n) is 7.22. The van der Waals surface area contributed by atoms with Crippen molar-refractivity contribution in [1.82, 2.24) is 14.8 Å². The molecule has 0 unspecified atom stereocenters. The van der Waals surface area contributed by atoms with Crippen molar-refractivity contribution in [3.8, 4) is 5.69 Å². The van der Waals surface area contributed by atoms with Gasteiger partial charge in [0.1, 0.15) is 5.82 Å². The summed E-state index contributed by atoms with van der Waals surface area (Å²) >= 11 is 6.36. The van der Waals surface area contributed by atoms with Crippen molar-refractivity contribution in [1.29, 1.82) is 0 Å². The number of nitrogen functional groups attached to an aromatic ring is 1. The van der Waals surface area contributed by atoms with Crippen molar-refractivity contribution in [3.63, 3.8) is 0 Å². The first-order valence-electron chi connectivity index (χ1n) is 9.38. The number of carbonyl (C=O) groups is 1. The third-order valence-electron chi connectivity index (χ3n) is 4.95. The third kappa shape index (κ3) is 3.14. The van der Waals surface area contributed by atoms with Crippen LogP contribution in [0.3, 0.4) is 0 Å². The molecule has 3 aromatic rings. The molecule has 144 valence electrons. The molecule has 2 N–H and O–H groups in total. The summed E-state index contributed by atoms with van der Waals surface area (Å²) in [6.45, 7) is 4.65. The van der Waals surface area contributed by atoms with Crippen LogP contribution >= 0.6 is 11.6 Å². The zero-order chi connectivity index (χ0) is 19.8. The van der Waals surface area contributed by atoms with Gasteiger partial charge in [0.05, 0.1) is 10.7 Å². The standard InChI is InChI=1S/C21H22ClN5O/c1-13(2)20-24-19(25-27(20)18-10-4-3-8-15(18)22)21(28)26-12-6-7-14-16(23)9-5-11-17(14)26/h3-5,8-11,13H,6-7,12,23H2,1-2H3. The summed E-state index contributed by atoms with van der Waals surface area (Å²) < 4.78 is 1.67. The van der Waals surface area contributed by atoms with E-state index < -0.39 is 0 Å². The molecule has 28 heavy (non-hydrogen) atoms. The minimum Gasteiger partial charge on any atom is -0.398 e. The molecule has 1 aliphatic heterocycles. The van der Waals surface area contributed by atoms with E-state index in [1.54, 1.807) is 15.6 Å². The zero-order valence-corrected chi connectivity index (χ0v) is 16.6. The fraction of sp³-hybridized carbons (Fsp3) is 0.286. The van der Waals surface area contributed by atoms with Crippen LogP contribution in [0, 0.1) is 0 Å². The number of aromatic nitrogens is 3. The van der Waals surface area contributed by atoms with Crippen molar-refractivity contribution in [3.05, 3.63) is 64.7 Å². The molecule has 0 aliphatic carbocycles. The molecule has 7 heteroatoms. The van der Waals surface area contributed by atoms with E-state index in [2.05, 4.69) is 10.1 Å². The third-order valence-corrected chi connectivity index (χ3v) is 5.27. The molecule has 0 atom stereocenters. The Kier molecular flexibility index (Phi) is 4.81. The molecule has 0 spiro atoms. The maximum absolute atomic E-state index is 13.3. The molecule has 0 saturated heterocycles. The van der Waals surface area contributed by atoms with E-state index in [-0.39, 0.29) is 17.6 Å². The lowest BCUT2D eigenvalue weighted by molar-refractivity contribution is 0.0975. The second kappa shape index (κ2) is 7.28. The average molecular weight is 396 g/mol. The molecule has 1 amide bonds.